The highest BCUT2D eigenvalue weighted by atomic mass is 16.1. The monoisotopic (exact) mass is 202 g/mol. The Morgan fingerprint density at radius 3 is 2.80 bits per heavy atom. The van der Waals surface area contributed by atoms with E-state index in [1.807, 2.05) is 25.1 Å². The Labute approximate surface area is 89.0 Å². The molecule has 0 amide bonds. The molecule has 1 aliphatic heterocycles. The summed E-state index contributed by atoms with van der Waals surface area (Å²) in [6, 6.07) is 7.14. The summed E-state index contributed by atoms with van der Waals surface area (Å²) in [4.78, 5) is 16.2. The quantitative estimate of drug-likeness (QED) is 0.815. The maximum Gasteiger partial charge on any atom is 0.211 e. The van der Waals surface area contributed by atoms with Gasteiger partial charge in [-0.15, -0.1) is 0 Å². The molecular weight excluding hydrogens is 188 g/mol. The second-order valence-corrected chi connectivity index (χ2v) is 3.74. The molecule has 2 rings (SSSR count). The molecule has 15 heavy (non-hydrogen) atoms. The van der Waals surface area contributed by atoms with E-state index in [0.717, 1.165) is 18.5 Å². The topological polar surface area (TPSA) is 55.4 Å². The Bertz CT molecular complexity index is 423. The predicted octanol–water partition coefficient (Wildman–Crippen LogP) is 2.08. The zero-order valence-corrected chi connectivity index (χ0v) is 8.73. The van der Waals surface area contributed by atoms with Crippen molar-refractivity contribution in [1.29, 1.82) is 0 Å². The highest BCUT2D eigenvalue weighted by Crippen LogP contribution is 2.27. The standard InChI is InChI=1S/C12H14N2O/c1-2-5-9(13)11-12(15)8-6-3-4-7-10(8)14-11/h3-4,6-7,9H,2,5,13H2,1H3. The molecule has 78 valence electrons. The van der Waals surface area contributed by atoms with E-state index in [4.69, 9.17) is 5.73 Å². The second-order valence-electron chi connectivity index (χ2n) is 3.74. The van der Waals surface area contributed by atoms with Crippen LogP contribution in [-0.4, -0.2) is 17.5 Å². The van der Waals surface area contributed by atoms with Crippen molar-refractivity contribution in [1.82, 2.24) is 0 Å². The van der Waals surface area contributed by atoms with Crippen molar-refractivity contribution in [3.63, 3.8) is 0 Å². The van der Waals surface area contributed by atoms with Gasteiger partial charge in [-0.3, -0.25) is 4.79 Å². The average Bonchev–Trinajstić information content (AvgIpc) is 2.57. The third-order valence-electron chi connectivity index (χ3n) is 2.57. The predicted molar refractivity (Wildman–Crippen MR) is 60.8 cm³/mol. The molecule has 0 aromatic heterocycles. The Kier molecular flexibility index (Phi) is 2.64. The first-order chi connectivity index (χ1) is 7.24. The van der Waals surface area contributed by atoms with E-state index in [0.29, 0.717) is 11.3 Å². The van der Waals surface area contributed by atoms with E-state index in [2.05, 4.69) is 4.99 Å². The van der Waals surface area contributed by atoms with Gasteiger partial charge in [-0.1, -0.05) is 25.5 Å². The molecule has 1 atom stereocenters. The number of carbonyl (C=O) groups is 1. The van der Waals surface area contributed by atoms with E-state index in [1.165, 1.54) is 0 Å². The maximum atomic E-state index is 11.9. The van der Waals surface area contributed by atoms with Crippen LogP contribution < -0.4 is 5.73 Å². The van der Waals surface area contributed by atoms with E-state index in [-0.39, 0.29) is 11.8 Å². The van der Waals surface area contributed by atoms with Crippen molar-refractivity contribution in [2.45, 2.75) is 25.8 Å². The van der Waals surface area contributed by atoms with Crippen molar-refractivity contribution in [3.8, 4) is 0 Å². The Hall–Kier alpha value is -1.48. The molecule has 3 nitrogen and oxygen atoms in total. The SMILES string of the molecule is CCCC(N)C1=Nc2ccccc2C1=O. The molecule has 2 N–H and O–H groups in total. The number of Topliss-reactive ketones (excluding diaryl/α,β-unsaturated/α-hetero) is 1. The van der Waals surface area contributed by atoms with E-state index >= 15 is 0 Å². The molecule has 0 aliphatic carbocycles. The van der Waals surface area contributed by atoms with Crippen LogP contribution in [0.15, 0.2) is 29.3 Å². The van der Waals surface area contributed by atoms with Crippen LogP contribution in [0.3, 0.4) is 0 Å². The Morgan fingerprint density at radius 2 is 2.13 bits per heavy atom. The fourth-order valence-electron chi connectivity index (χ4n) is 1.78. The van der Waals surface area contributed by atoms with Crippen LogP contribution in [-0.2, 0) is 0 Å². The fourth-order valence-corrected chi connectivity index (χ4v) is 1.78. The van der Waals surface area contributed by atoms with Gasteiger partial charge in [-0.2, -0.15) is 0 Å². The number of nitrogens with two attached hydrogens (primary N) is 1. The van der Waals surface area contributed by atoms with Gasteiger partial charge in [-0.05, 0) is 18.6 Å². The number of aliphatic imine (C=N–C) groups is 1. The first-order valence-corrected chi connectivity index (χ1v) is 5.22. The summed E-state index contributed by atoms with van der Waals surface area (Å²) in [6.07, 6.45) is 1.77. The summed E-state index contributed by atoms with van der Waals surface area (Å²) in [6.45, 7) is 2.05. The number of hydrogen-bond donors (Lipinski definition) is 1. The molecular formula is C12H14N2O. The third-order valence-corrected chi connectivity index (χ3v) is 2.57. The first-order valence-electron chi connectivity index (χ1n) is 5.22. The molecule has 0 spiro atoms. The number of nitrogens with zero attached hydrogens (tertiary/aromatic N) is 1. The summed E-state index contributed by atoms with van der Waals surface area (Å²) in [5, 5.41) is 0. The molecule has 1 aromatic carbocycles. The summed E-state index contributed by atoms with van der Waals surface area (Å²) >= 11 is 0. The van der Waals surface area contributed by atoms with Gasteiger partial charge in [0.05, 0.1) is 11.7 Å². The van der Waals surface area contributed by atoms with Crippen LogP contribution >= 0.6 is 0 Å². The van der Waals surface area contributed by atoms with Gasteiger partial charge in [0.15, 0.2) is 0 Å². The normalized spacial score (nSPS) is 16.1. The highest BCUT2D eigenvalue weighted by Gasteiger charge is 2.27. The lowest BCUT2D eigenvalue weighted by Crippen LogP contribution is -2.34. The van der Waals surface area contributed by atoms with Crippen LogP contribution in [0.4, 0.5) is 5.69 Å². The molecule has 1 heterocycles. The Morgan fingerprint density at radius 1 is 1.40 bits per heavy atom. The largest absolute Gasteiger partial charge is 0.323 e. The van der Waals surface area contributed by atoms with Crippen molar-refractivity contribution >= 4 is 17.2 Å². The fraction of sp³-hybridized carbons (Fsp3) is 0.333. The zero-order chi connectivity index (χ0) is 10.8. The first kappa shape index (κ1) is 10.1. The average molecular weight is 202 g/mol. The summed E-state index contributed by atoms with van der Waals surface area (Å²) in [5.41, 5.74) is 7.85. The molecule has 3 heteroatoms. The lowest BCUT2D eigenvalue weighted by molar-refractivity contribution is 0.106. The van der Waals surface area contributed by atoms with Gasteiger partial charge in [0, 0.05) is 5.56 Å². The number of benzene rings is 1. The number of carbonyl (C=O) groups excluding carboxylic acids is 1. The molecule has 1 aliphatic rings. The minimum absolute atomic E-state index is 0.00782. The van der Waals surface area contributed by atoms with Crippen LogP contribution in [0.5, 0.6) is 0 Å². The third kappa shape index (κ3) is 1.70. The van der Waals surface area contributed by atoms with Crippen molar-refractivity contribution in [2.24, 2.45) is 10.7 Å². The van der Waals surface area contributed by atoms with Crippen molar-refractivity contribution < 1.29 is 4.79 Å². The number of rotatable bonds is 3. The summed E-state index contributed by atoms with van der Waals surface area (Å²) in [5.74, 6) is -0.00782. The molecule has 1 aromatic rings. The second kappa shape index (κ2) is 3.95. The smallest absolute Gasteiger partial charge is 0.211 e. The van der Waals surface area contributed by atoms with E-state index in [1.54, 1.807) is 6.07 Å². The maximum absolute atomic E-state index is 11.9. The van der Waals surface area contributed by atoms with E-state index in [9.17, 15) is 4.79 Å². The van der Waals surface area contributed by atoms with Gasteiger partial charge in [0.1, 0.15) is 5.71 Å². The number of para-hydroxylation sites is 1. The minimum Gasteiger partial charge on any atom is -0.323 e. The number of fused-ring (bicyclic) bond motifs is 1. The van der Waals surface area contributed by atoms with Crippen molar-refractivity contribution in [2.75, 3.05) is 0 Å². The number of ketones is 1. The number of hydrogen-bond acceptors (Lipinski definition) is 3. The molecule has 0 saturated heterocycles. The van der Waals surface area contributed by atoms with Gasteiger partial charge in [0.25, 0.3) is 0 Å². The molecule has 0 bridgehead atoms. The van der Waals surface area contributed by atoms with Crippen LogP contribution in [0.2, 0.25) is 0 Å². The Balaban J connectivity index is 2.30. The van der Waals surface area contributed by atoms with Gasteiger partial charge in [-0.25, -0.2) is 4.99 Å². The van der Waals surface area contributed by atoms with Crippen LogP contribution in [0.1, 0.15) is 30.1 Å². The van der Waals surface area contributed by atoms with Gasteiger partial charge >= 0.3 is 0 Å². The summed E-state index contributed by atoms with van der Waals surface area (Å²) in [7, 11) is 0. The molecule has 0 fully saturated rings. The lowest BCUT2D eigenvalue weighted by Gasteiger charge is -2.07. The van der Waals surface area contributed by atoms with Crippen molar-refractivity contribution in [3.05, 3.63) is 29.8 Å². The minimum atomic E-state index is -0.227. The zero-order valence-electron chi connectivity index (χ0n) is 8.73. The summed E-state index contributed by atoms with van der Waals surface area (Å²) < 4.78 is 0. The molecule has 0 radical (unpaired) electrons. The van der Waals surface area contributed by atoms with Gasteiger partial charge < -0.3 is 5.73 Å². The molecule has 0 saturated carbocycles. The van der Waals surface area contributed by atoms with Crippen LogP contribution in [0, 0.1) is 0 Å². The lowest BCUT2D eigenvalue weighted by atomic mass is 10.0. The van der Waals surface area contributed by atoms with E-state index < -0.39 is 0 Å². The van der Waals surface area contributed by atoms with Crippen LogP contribution in [0.25, 0.3) is 0 Å². The van der Waals surface area contributed by atoms with Gasteiger partial charge in [0.2, 0.25) is 5.78 Å². The highest BCUT2D eigenvalue weighted by molar-refractivity contribution is 6.51. The molecule has 1 unspecified atom stereocenters.